The highest BCUT2D eigenvalue weighted by atomic mass is 19.1. The van der Waals surface area contributed by atoms with E-state index in [9.17, 15) is 14.0 Å². The third-order valence-electron chi connectivity index (χ3n) is 5.90. The van der Waals surface area contributed by atoms with Crippen LogP contribution < -0.4 is 10.6 Å². The van der Waals surface area contributed by atoms with Gasteiger partial charge in [-0.15, -0.1) is 0 Å². The largest absolute Gasteiger partial charge is 0.370 e. The number of primary amides is 1. The van der Waals surface area contributed by atoms with Crippen LogP contribution in [-0.2, 0) is 9.59 Å². The zero-order valence-corrected chi connectivity index (χ0v) is 17.2. The molecule has 2 heterocycles. The molecule has 0 aliphatic carbocycles. The maximum absolute atomic E-state index is 13.3. The van der Waals surface area contributed by atoms with Crippen molar-refractivity contribution in [3.8, 4) is 0 Å². The third kappa shape index (κ3) is 6.22. The Hall–Kier alpha value is -2.03. The smallest absolute Gasteiger partial charge is 0.241 e. The summed E-state index contributed by atoms with van der Waals surface area (Å²) in [6.07, 6.45) is 2.56. The minimum absolute atomic E-state index is 0.0755. The van der Waals surface area contributed by atoms with Crippen molar-refractivity contribution in [2.24, 2.45) is 5.73 Å². The predicted molar refractivity (Wildman–Crippen MR) is 111 cm³/mol. The zero-order chi connectivity index (χ0) is 20.8. The topological polar surface area (TPSA) is 73.1 Å². The third-order valence-corrected chi connectivity index (χ3v) is 5.90. The van der Waals surface area contributed by atoms with Gasteiger partial charge in [-0.05, 0) is 50.7 Å². The molecule has 2 N–H and O–H groups in total. The number of carbonyl (C=O) groups is 2. The fourth-order valence-corrected chi connectivity index (χ4v) is 4.24. The molecule has 0 radical (unpaired) electrons. The van der Waals surface area contributed by atoms with Gasteiger partial charge >= 0.3 is 0 Å². The molecule has 3 rings (SSSR count). The van der Waals surface area contributed by atoms with Crippen LogP contribution in [0.2, 0.25) is 0 Å². The van der Waals surface area contributed by atoms with Crippen LogP contribution in [-0.4, -0.2) is 92.0 Å². The van der Waals surface area contributed by atoms with Crippen molar-refractivity contribution in [3.63, 3.8) is 0 Å². The van der Waals surface area contributed by atoms with Crippen molar-refractivity contribution >= 4 is 17.5 Å². The predicted octanol–water partition coefficient (Wildman–Crippen LogP) is 0.746. The van der Waals surface area contributed by atoms with Gasteiger partial charge in [0.05, 0.1) is 6.54 Å². The number of likely N-dealkylation sites (tertiary alicyclic amines) is 1. The first-order chi connectivity index (χ1) is 13.9. The number of anilines is 1. The number of nitrogens with two attached hydrogens (primary N) is 1. The molecule has 2 aliphatic heterocycles. The Morgan fingerprint density at radius 2 is 1.83 bits per heavy atom. The van der Waals surface area contributed by atoms with Gasteiger partial charge in [0.2, 0.25) is 11.8 Å². The molecule has 7 nitrogen and oxygen atoms in total. The highest BCUT2D eigenvalue weighted by Crippen LogP contribution is 2.18. The summed E-state index contributed by atoms with van der Waals surface area (Å²) >= 11 is 0. The lowest BCUT2D eigenvalue weighted by Gasteiger charge is -2.42. The van der Waals surface area contributed by atoms with E-state index in [4.69, 9.17) is 5.73 Å². The van der Waals surface area contributed by atoms with E-state index in [1.54, 1.807) is 12.1 Å². The normalized spacial score (nSPS) is 21.8. The molecule has 8 heteroatoms. The average molecular weight is 406 g/mol. The molecule has 1 unspecified atom stereocenters. The maximum atomic E-state index is 13.3. The van der Waals surface area contributed by atoms with E-state index in [2.05, 4.69) is 21.7 Å². The summed E-state index contributed by atoms with van der Waals surface area (Å²) in [6, 6.07) is 6.37. The van der Waals surface area contributed by atoms with E-state index in [0.29, 0.717) is 11.7 Å². The van der Waals surface area contributed by atoms with Crippen molar-refractivity contribution < 1.29 is 14.0 Å². The van der Waals surface area contributed by atoms with Gasteiger partial charge in [0.25, 0.3) is 0 Å². The molecule has 0 saturated carbocycles. The minimum atomic E-state index is -0.462. The first kappa shape index (κ1) is 21.7. The standard InChI is InChI=1S/C21H32FN5O2/c1-24-9-2-3-19(15-24)26-13-11-25(12-14-26)16-21(29)27(10-8-20(23)28)18-6-4-17(22)5-7-18/h4-7,19H,2-3,8-16H2,1H3,(H2,23,28). The van der Waals surface area contributed by atoms with E-state index in [1.165, 1.54) is 36.4 Å². The van der Waals surface area contributed by atoms with Crippen LogP contribution in [0.5, 0.6) is 0 Å². The van der Waals surface area contributed by atoms with Crippen LogP contribution in [0.1, 0.15) is 19.3 Å². The Morgan fingerprint density at radius 3 is 2.45 bits per heavy atom. The van der Waals surface area contributed by atoms with Gasteiger partial charge in [0, 0.05) is 57.4 Å². The number of benzene rings is 1. The minimum Gasteiger partial charge on any atom is -0.370 e. The molecule has 1 aromatic carbocycles. The van der Waals surface area contributed by atoms with E-state index in [0.717, 1.165) is 32.7 Å². The molecular weight excluding hydrogens is 373 g/mol. The number of amides is 2. The molecule has 1 aromatic rings. The molecule has 1 atom stereocenters. The molecule has 0 spiro atoms. The number of nitrogens with zero attached hydrogens (tertiary/aromatic N) is 4. The van der Waals surface area contributed by atoms with E-state index in [-0.39, 0.29) is 31.2 Å². The summed E-state index contributed by atoms with van der Waals surface area (Å²) < 4.78 is 13.3. The quantitative estimate of drug-likeness (QED) is 0.725. The molecule has 0 aromatic heterocycles. The number of piperazine rings is 1. The second-order valence-corrected chi connectivity index (χ2v) is 8.11. The number of rotatable bonds is 7. The lowest BCUT2D eigenvalue weighted by molar-refractivity contribution is -0.120. The zero-order valence-electron chi connectivity index (χ0n) is 17.2. The van der Waals surface area contributed by atoms with Crippen LogP contribution in [0.15, 0.2) is 24.3 Å². The van der Waals surface area contributed by atoms with Gasteiger partial charge in [0.1, 0.15) is 5.82 Å². The Kier molecular flexibility index (Phi) is 7.57. The monoisotopic (exact) mass is 405 g/mol. The summed E-state index contributed by atoms with van der Waals surface area (Å²) in [6.45, 7) is 6.40. The maximum Gasteiger partial charge on any atom is 0.241 e. The first-order valence-corrected chi connectivity index (χ1v) is 10.4. The Labute approximate surface area is 172 Å². The van der Waals surface area contributed by atoms with Crippen LogP contribution in [0.3, 0.4) is 0 Å². The van der Waals surface area contributed by atoms with Crippen molar-refractivity contribution in [1.82, 2.24) is 14.7 Å². The summed E-state index contributed by atoms with van der Waals surface area (Å²) in [5.74, 6) is -0.916. The van der Waals surface area contributed by atoms with Crippen molar-refractivity contribution in [2.45, 2.75) is 25.3 Å². The van der Waals surface area contributed by atoms with Crippen LogP contribution in [0, 0.1) is 5.82 Å². The fourth-order valence-electron chi connectivity index (χ4n) is 4.24. The lowest BCUT2D eigenvalue weighted by Crippen LogP contribution is -2.55. The highest BCUT2D eigenvalue weighted by molar-refractivity contribution is 5.95. The van der Waals surface area contributed by atoms with E-state index < -0.39 is 5.91 Å². The van der Waals surface area contributed by atoms with Crippen molar-refractivity contribution in [1.29, 1.82) is 0 Å². The highest BCUT2D eigenvalue weighted by Gasteiger charge is 2.28. The van der Waals surface area contributed by atoms with Crippen LogP contribution in [0.25, 0.3) is 0 Å². The Morgan fingerprint density at radius 1 is 1.14 bits per heavy atom. The SMILES string of the molecule is CN1CCCC(N2CCN(CC(=O)N(CCC(N)=O)c3ccc(F)cc3)CC2)C1. The molecule has 29 heavy (non-hydrogen) atoms. The van der Waals surface area contributed by atoms with Crippen molar-refractivity contribution in [2.75, 3.05) is 64.3 Å². The van der Waals surface area contributed by atoms with Crippen molar-refractivity contribution in [3.05, 3.63) is 30.1 Å². The molecule has 2 saturated heterocycles. The first-order valence-electron chi connectivity index (χ1n) is 10.4. The van der Waals surface area contributed by atoms with Gasteiger partial charge in [-0.3, -0.25) is 19.4 Å². The summed E-state index contributed by atoms with van der Waals surface area (Å²) in [5.41, 5.74) is 5.85. The number of hydrogen-bond acceptors (Lipinski definition) is 5. The molecule has 160 valence electrons. The van der Waals surface area contributed by atoms with Gasteiger partial charge in [-0.1, -0.05) is 0 Å². The molecule has 0 bridgehead atoms. The second-order valence-electron chi connectivity index (χ2n) is 8.11. The Balaban J connectivity index is 1.55. The number of hydrogen-bond donors (Lipinski definition) is 1. The number of likely N-dealkylation sites (N-methyl/N-ethyl adjacent to an activating group) is 1. The van der Waals surface area contributed by atoms with E-state index in [1.807, 2.05) is 0 Å². The van der Waals surface area contributed by atoms with Gasteiger partial charge in [-0.25, -0.2) is 4.39 Å². The van der Waals surface area contributed by atoms with Gasteiger partial charge in [0.15, 0.2) is 0 Å². The molecule has 2 amide bonds. The van der Waals surface area contributed by atoms with Gasteiger partial charge in [-0.2, -0.15) is 0 Å². The summed E-state index contributed by atoms with van der Waals surface area (Å²) in [7, 11) is 2.18. The lowest BCUT2D eigenvalue weighted by atomic mass is 10.0. The van der Waals surface area contributed by atoms with Gasteiger partial charge < -0.3 is 15.5 Å². The Bertz CT molecular complexity index is 691. The average Bonchev–Trinajstić information content (AvgIpc) is 2.70. The second kappa shape index (κ2) is 10.1. The number of halogens is 1. The summed E-state index contributed by atoms with van der Waals surface area (Å²) in [5, 5.41) is 0. The van der Waals surface area contributed by atoms with Crippen LogP contribution in [0.4, 0.5) is 10.1 Å². The number of carbonyl (C=O) groups excluding carboxylic acids is 2. The molecule has 2 aliphatic rings. The van der Waals surface area contributed by atoms with Crippen LogP contribution >= 0.6 is 0 Å². The fraction of sp³-hybridized carbons (Fsp3) is 0.619. The molecule has 2 fully saturated rings. The summed E-state index contributed by atoms with van der Waals surface area (Å²) in [4.78, 5) is 32.8. The molecular formula is C21H32FN5O2. The van der Waals surface area contributed by atoms with E-state index >= 15 is 0 Å². The number of piperidine rings is 1.